The Morgan fingerprint density at radius 1 is 1.54 bits per heavy atom. The van der Waals surface area contributed by atoms with Crippen molar-refractivity contribution in [3.05, 3.63) is 18.0 Å². The maximum absolute atomic E-state index is 4.89. The largest absolute Gasteiger partial charge is 0.364 e. The summed E-state index contributed by atoms with van der Waals surface area (Å²) in [6.45, 7) is 10.9. The van der Waals surface area contributed by atoms with E-state index in [0.29, 0.717) is 6.54 Å². The summed E-state index contributed by atoms with van der Waals surface area (Å²) in [5.41, 5.74) is 1.01. The quantitative estimate of drug-likeness (QED) is 0.426. The smallest absolute Gasteiger partial charge is 0.193 e. The van der Waals surface area contributed by atoms with Crippen LogP contribution in [0.1, 0.15) is 39.3 Å². The molecule has 0 aliphatic carbocycles. The average molecular weight is 449 g/mol. The molecule has 138 valence electrons. The molecule has 1 saturated heterocycles. The molecule has 1 aliphatic rings. The van der Waals surface area contributed by atoms with Crippen molar-refractivity contribution in [3.8, 4) is 0 Å². The maximum Gasteiger partial charge on any atom is 0.193 e. The molecule has 0 radical (unpaired) electrons. The number of nitrogens with zero attached hydrogens (tertiary/aromatic N) is 4. The zero-order valence-electron chi connectivity index (χ0n) is 15.6. The summed E-state index contributed by atoms with van der Waals surface area (Å²) >= 11 is 0. The molecule has 1 aromatic heterocycles. The zero-order chi connectivity index (χ0) is 16.9. The molecule has 1 atom stereocenters. The molecule has 7 heteroatoms. The third-order valence-corrected chi connectivity index (χ3v) is 4.66. The molecule has 1 unspecified atom stereocenters. The summed E-state index contributed by atoms with van der Waals surface area (Å²) in [4.78, 5) is 9.04. The highest BCUT2D eigenvalue weighted by Crippen LogP contribution is 2.23. The van der Waals surface area contributed by atoms with E-state index in [2.05, 4.69) is 46.0 Å². The first-order valence-corrected chi connectivity index (χ1v) is 8.48. The first-order valence-electron chi connectivity index (χ1n) is 8.48. The average Bonchev–Trinajstić information content (AvgIpc) is 3.00. The molecule has 2 heterocycles. The number of aliphatic imine (C=N–C) groups is 1. The topological polar surface area (TPSA) is 56.9 Å². The predicted molar refractivity (Wildman–Crippen MR) is 109 cm³/mol. The second-order valence-corrected chi connectivity index (χ2v) is 7.25. The molecular weight excluding hydrogens is 417 g/mol. The van der Waals surface area contributed by atoms with E-state index < -0.39 is 0 Å². The highest BCUT2D eigenvalue weighted by molar-refractivity contribution is 14.0. The van der Waals surface area contributed by atoms with Gasteiger partial charge in [0.25, 0.3) is 0 Å². The Hall–Kier alpha value is -0.830. The molecule has 0 bridgehead atoms. The third-order valence-electron chi connectivity index (χ3n) is 4.66. The van der Waals surface area contributed by atoms with Crippen LogP contribution < -0.4 is 5.32 Å². The van der Waals surface area contributed by atoms with Gasteiger partial charge in [0, 0.05) is 38.8 Å². The molecule has 24 heavy (non-hydrogen) atoms. The SMILES string of the molecule is CN=C(NCC(C)(C)N1CCCC(C)C1)N(C)Cc1ccon1.I. The summed E-state index contributed by atoms with van der Waals surface area (Å²) in [6, 6.07) is 1.88. The number of likely N-dealkylation sites (tertiary alicyclic amines) is 1. The normalized spacial score (nSPS) is 19.7. The molecule has 0 spiro atoms. The second kappa shape index (κ2) is 9.60. The van der Waals surface area contributed by atoms with Gasteiger partial charge in [-0.15, -0.1) is 24.0 Å². The van der Waals surface area contributed by atoms with Gasteiger partial charge < -0.3 is 14.7 Å². The van der Waals surface area contributed by atoms with Crippen molar-refractivity contribution in [2.24, 2.45) is 10.9 Å². The Balaban J connectivity index is 0.00000288. The molecule has 0 saturated carbocycles. The van der Waals surface area contributed by atoms with Gasteiger partial charge in [0.1, 0.15) is 12.0 Å². The Kier molecular flexibility index (Phi) is 8.49. The van der Waals surface area contributed by atoms with Gasteiger partial charge in [-0.1, -0.05) is 12.1 Å². The lowest BCUT2D eigenvalue weighted by Crippen LogP contribution is -2.56. The van der Waals surface area contributed by atoms with Gasteiger partial charge in [-0.3, -0.25) is 9.89 Å². The highest BCUT2D eigenvalue weighted by Gasteiger charge is 2.30. The van der Waals surface area contributed by atoms with Crippen molar-refractivity contribution in [3.63, 3.8) is 0 Å². The Morgan fingerprint density at radius 3 is 2.88 bits per heavy atom. The summed E-state index contributed by atoms with van der Waals surface area (Å²) in [6.07, 6.45) is 4.24. The summed E-state index contributed by atoms with van der Waals surface area (Å²) in [5, 5.41) is 7.47. The molecule has 1 aliphatic heterocycles. The van der Waals surface area contributed by atoms with Gasteiger partial charge in [0.15, 0.2) is 5.96 Å². The van der Waals surface area contributed by atoms with Crippen LogP contribution in [0.2, 0.25) is 0 Å². The number of hydrogen-bond donors (Lipinski definition) is 1. The van der Waals surface area contributed by atoms with Crippen molar-refractivity contribution in [1.29, 1.82) is 0 Å². The fraction of sp³-hybridized carbons (Fsp3) is 0.765. The third kappa shape index (κ3) is 5.91. The van der Waals surface area contributed by atoms with Crippen LogP contribution in [0.5, 0.6) is 0 Å². The van der Waals surface area contributed by atoms with E-state index in [-0.39, 0.29) is 29.5 Å². The van der Waals surface area contributed by atoms with Crippen molar-refractivity contribution in [2.45, 2.75) is 45.7 Å². The molecule has 1 N–H and O–H groups in total. The van der Waals surface area contributed by atoms with Crippen LogP contribution in [0.3, 0.4) is 0 Å². The number of halogens is 1. The van der Waals surface area contributed by atoms with Crippen LogP contribution in [-0.4, -0.2) is 60.2 Å². The molecular formula is C17H32IN5O. The van der Waals surface area contributed by atoms with E-state index in [0.717, 1.165) is 24.1 Å². The standard InChI is InChI=1S/C17H31N5O.HI/c1-14-7-6-9-22(11-14)17(2,3)13-19-16(18-4)21(5)12-15-8-10-23-20-15;/h8,10,14H,6-7,9,11-13H2,1-5H3,(H,18,19);1H. The van der Waals surface area contributed by atoms with Crippen LogP contribution >= 0.6 is 24.0 Å². The van der Waals surface area contributed by atoms with Crippen LogP contribution in [0, 0.1) is 5.92 Å². The minimum Gasteiger partial charge on any atom is -0.364 e. The minimum atomic E-state index is 0. The predicted octanol–water partition coefficient (Wildman–Crippen LogP) is 2.81. The van der Waals surface area contributed by atoms with Gasteiger partial charge in [0.05, 0.1) is 6.54 Å². The lowest BCUT2D eigenvalue weighted by Gasteiger charge is -2.43. The summed E-state index contributed by atoms with van der Waals surface area (Å²) in [7, 11) is 3.83. The number of aromatic nitrogens is 1. The van der Waals surface area contributed by atoms with Crippen LogP contribution in [0.4, 0.5) is 0 Å². The lowest BCUT2D eigenvalue weighted by molar-refractivity contribution is 0.0735. The van der Waals surface area contributed by atoms with E-state index in [9.17, 15) is 0 Å². The van der Waals surface area contributed by atoms with Crippen LogP contribution in [0.25, 0.3) is 0 Å². The zero-order valence-corrected chi connectivity index (χ0v) is 17.9. The first kappa shape index (κ1) is 21.2. The van der Waals surface area contributed by atoms with E-state index in [1.807, 2.05) is 20.2 Å². The molecule has 0 aromatic carbocycles. The maximum atomic E-state index is 4.89. The number of hydrogen-bond acceptors (Lipinski definition) is 4. The van der Waals surface area contributed by atoms with E-state index >= 15 is 0 Å². The van der Waals surface area contributed by atoms with Crippen molar-refractivity contribution < 1.29 is 4.52 Å². The Morgan fingerprint density at radius 2 is 2.29 bits per heavy atom. The lowest BCUT2D eigenvalue weighted by atomic mass is 9.93. The fourth-order valence-corrected chi connectivity index (χ4v) is 3.17. The van der Waals surface area contributed by atoms with Gasteiger partial charge in [-0.25, -0.2) is 0 Å². The first-order chi connectivity index (χ1) is 10.9. The molecule has 6 nitrogen and oxygen atoms in total. The number of rotatable bonds is 5. The molecule has 0 amide bonds. The Labute approximate surface area is 163 Å². The van der Waals surface area contributed by atoms with Gasteiger partial charge >= 0.3 is 0 Å². The number of nitrogens with one attached hydrogen (secondary N) is 1. The minimum absolute atomic E-state index is 0. The Bertz CT molecular complexity index is 503. The van der Waals surface area contributed by atoms with E-state index in [1.54, 1.807) is 6.26 Å². The van der Waals surface area contributed by atoms with Gasteiger partial charge in [-0.2, -0.15) is 0 Å². The molecule has 1 fully saturated rings. The van der Waals surface area contributed by atoms with Crippen LogP contribution in [-0.2, 0) is 6.54 Å². The fourth-order valence-electron chi connectivity index (χ4n) is 3.17. The van der Waals surface area contributed by atoms with Crippen molar-refractivity contribution in [1.82, 2.24) is 20.3 Å². The van der Waals surface area contributed by atoms with Crippen molar-refractivity contribution in [2.75, 3.05) is 33.7 Å². The molecule has 2 rings (SSSR count). The monoisotopic (exact) mass is 449 g/mol. The van der Waals surface area contributed by atoms with Crippen LogP contribution in [0.15, 0.2) is 21.8 Å². The van der Waals surface area contributed by atoms with Crippen molar-refractivity contribution >= 4 is 29.9 Å². The highest BCUT2D eigenvalue weighted by atomic mass is 127. The van der Waals surface area contributed by atoms with Gasteiger partial charge in [0.2, 0.25) is 0 Å². The van der Waals surface area contributed by atoms with Gasteiger partial charge in [-0.05, 0) is 39.2 Å². The van der Waals surface area contributed by atoms with E-state index in [1.165, 1.54) is 25.9 Å². The summed E-state index contributed by atoms with van der Waals surface area (Å²) < 4.78 is 4.89. The summed E-state index contributed by atoms with van der Waals surface area (Å²) in [5.74, 6) is 1.67. The number of piperidine rings is 1. The second-order valence-electron chi connectivity index (χ2n) is 7.25. The number of guanidine groups is 1. The molecule has 1 aromatic rings. The van der Waals surface area contributed by atoms with E-state index in [4.69, 9.17) is 4.52 Å².